The van der Waals surface area contributed by atoms with E-state index in [1.807, 2.05) is 43.3 Å². The highest BCUT2D eigenvalue weighted by molar-refractivity contribution is 6.20. The van der Waals surface area contributed by atoms with Crippen LogP contribution in [0.15, 0.2) is 42.5 Å². The first-order chi connectivity index (χ1) is 12.1. The normalized spacial score (nSPS) is 11.2. The molecular weight excluding hydrogens is 316 g/mol. The van der Waals surface area contributed by atoms with Crippen molar-refractivity contribution in [3.63, 3.8) is 0 Å². The van der Waals surface area contributed by atoms with Gasteiger partial charge in [-0.3, -0.25) is 0 Å². The van der Waals surface area contributed by atoms with Crippen LogP contribution in [0.3, 0.4) is 0 Å². The third-order valence-corrected chi connectivity index (χ3v) is 3.88. The molecule has 4 heteroatoms. The molecule has 0 amide bonds. The average molecular weight is 340 g/mol. The predicted octanol–water partition coefficient (Wildman–Crippen LogP) is 4.67. The van der Waals surface area contributed by atoms with Crippen LogP contribution >= 0.6 is 0 Å². The lowest BCUT2D eigenvalue weighted by Gasteiger charge is -2.13. The minimum atomic E-state index is -0.978. The van der Waals surface area contributed by atoms with Gasteiger partial charge in [0.2, 0.25) is 0 Å². The lowest BCUT2D eigenvalue weighted by atomic mass is 10.0. The number of aryl methyl sites for hydroxylation is 1. The molecule has 4 nitrogen and oxygen atoms in total. The predicted molar refractivity (Wildman–Crippen MR) is 100 cm³/mol. The quantitative estimate of drug-likeness (QED) is 0.560. The van der Waals surface area contributed by atoms with Gasteiger partial charge in [0.1, 0.15) is 0 Å². The Hall–Kier alpha value is -2.75. The van der Waals surface area contributed by atoms with Crippen molar-refractivity contribution >= 4 is 17.6 Å². The van der Waals surface area contributed by atoms with Gasteiger partial charge in [0.05, 0.1) is 19.3 Å². The van der Waals surface area contributed by atoms with E-state index in [0.717, 1.165) is 12.8 Å². The maximum absolute atomic E-state index is 11.8. The second-order valence-electron chi connectivity index (χ2n) is 5.64. The van der Waals surface area contributed by atoms with Gasteiger partial charge in [-0.15, -0.1) is 0 Å². The summed E-state index contributed by atoms with van der Waals surface area (Å²) in [7, 11) is 1.57. The van der Waals surface area contributed by atoms with Crippen molar-refractivity contribution in [2.45, 2.75) is 26.7 Å². The maximum Gasteiger partial charge on any atom is 0.336 e. The molecule has 0 aliphatic carbocycles. The van der Waals surface area contributed by atoms with Gasteiger partial charge in [-0.25, -0.2) is 4.79 Å². The van der Waals surface area contributed by atoms with Gasteiger partial charge in [-0.05, 0) is 36.1 Å². The minimum absolute atomic E-state index is 0.220. The van der Waals surface area contributed by atoms with Crippen molar-refractivity contribution in [3.05, 3.63) is 59.2 Å². The molecular formula is C21H24O4. The summed E-state index contributed by atoms with van der Waals surface area (Å²) >= 11 is 0. The highest BCUT2D eigenvalue weighted by Gasteiger charge is 2.14. The Kier molecular flexibility index (Phi) is 6.63. The molecule has 0 heterocycles. The SMILES string of the molecule is CCCOc1c(/C=C(\C(=O)O)c2ccc(CC)cc2)cccc1OC. The van der Waals surface area contributed by atoms with Gasteiger partial charge in [0.15, 0.2) is 11.5 Å². The summed E-state index contributed by atoms with van der Waals surface area (Å²) in [5.41, 5.74) is 2.73. The van der Waals surface area contributed by atoms with E-state index < -0.39 is 5.97 Å². The van der Waals surface area contributed by atoms with E-state index in [2.05, 4.69) is 6.92 Å². The van der Waals surface area contributed by atoms with Crippen LogP contribution in [0.5, 0.6) is 11.5 Å². The molecule has 0 spiro atoms. The number of benzene rings is 2. The number of aliphatic carboxylic acids is 1. The number of carboxylic acid groups (broad SMARTS) is 1. The van der Waals surface area contributed by atoms with Crippen LogP contribution in [-0.2, 0) is 11.2 Å². The van der Waals surface area contributed by atoms with Crippen molar-refractivity contribution in [1.29, 1.82) is 0 Å². The van der Waals surface area contributed by atoms with E-state index in [1.165, 1.54) is 5.56 Å². The number of rotatable bonds is 8. The highest BCUT2D eigenvalue weighted by atomic mass is 16.5. The first-order valence-corrected chi connectivity index (χ1v) is 8.44. The molecule has 0 aliphatic heterocycles. The molecule has 0 aliphatic rings. The van der Waals surface area contributed by atoms with Gasteiger partial charge in [-0.1, -0.05) is 50.2 Å². The van der Waals surface area contributed by atoms with Crippen molar-refractivity contribution in [2.24, 2.45) is 0 Å². The molecule has 0 saturated carbocycles. The van der Waals surface area contributed by atoms with Crippen LogP contribution in [0.2, 0.25) is 0 Å². The number of carboxylic acids is 1. The summed E-state index contributed by atoms with van der Waals surface area (Å²) in [6.45, 7) is 4.62. The van der Waals surface area contributed by atoms with E-state index in [9.17, 15) is 9.90 Å². The maximum atomic E-state index is 11.8. The first kappa shape index (κ1) is 18.6. The summed E-state index contributed by atoms with van der Waals surface area (Å²) in [6, 6.07) is 13.0. The lowest BCUT2D eigenvalue weighted by molar-refractivity contribution is -0.130. The summed E-state index contributed by atoms with van der Waals surface area (Å²) in [5, 5.41) is 9.67. The fraction of sp³-hybridized carbons (Fsp3) is 0.286. The zero-order valence-corrected chi connectivity index (χ0v) is 14.9. The summed E-state index contributed by atoms with van der Waals surface area (Å²) in [4.78, 5) is 11.8. The monoisotopic (exact) mass is 340 g/mol. The molecule has 0 radical (unpaired) electrons. The van der Waals surface area contributed by atoms with Crippen molar-refractivity contribution in [1.82, 2.24) is 0 Å². The summed E-state index contributed by atoms with van der Waals surface area (Å²) in [5.74, 6) is 0.178. The van der Waals surface area contributed by atoms with E-state index in [0.29, 0.717) is 29.2 Å². The van der Waals surface area contributed by atoms with Gasteiger partial charge in [0.25, 0.3) is 0 Å². The summed E-state index contributed by atoms with van der Waals surface area (Å²) in [6.07, 6.45) is 3.40. The molecule has 0 aromatic heterocycles. The fourth-order valence-corrected chi connectivity index (χ4v) is 2.51. The second kappa shape index (κ2) is 8.92. The van der Waals surface area contributed by atoms with Gasteiger partial charge in [-0.2, -0.15) is 0 Å². The van der Waals surface area contributed by atoms with Crippen LogP contribution < -0.4 is 9.47 Å². The molecule has 2 aromatic carbocycles. The number of methoxy groups -OCH3 is 1. The Labute approximate surface area is 148 Å². The first-order valence-electron chi connectivity index (χ1n) is 8.44. The van der Waals surface area contributed by atoms with Crippen LogP contribution in [0.4, 0.5) is 0 Å². The minimum Gasteiger partial charge on any atom is -0.493 e. The third kappa shape index (κ3) is 4.63. The Morgan fingerprint density at radius 1 is 1.12 bits per heavy atom. The van der Waals surface area contributed by atoms with Crippen LogP contribution in [0.25, 0.3) is 11.6 Å². The van der Waals surface area contributed by atoms with Gasteiger partial charge < -0.3 is 14.6 Å². The molecule has 132 valence electrons. The number of ether oxygens (including phenoxy) is 2. The fourth-order valence-electron chi connectivity index (χ4n) is 2.51. The van der Waals surface area contributed by atoms with Crippen LogP contribution in [0.1, 0.15) is 37.0 Å². The molecule has 0 saturated heterocycles. The van der Waals surface area contributed by atoms with Crippen LogP contribution in [-0.4, -0.2) is 24.8 Å². The molecule has 0 bridgehead atoms. The van der Waals surface area contributed by atoms with Crippen LogP contribution in [0, 0.1) is 0 Å². The zero-order chi connectivity index (χ0) is 18.2. The zero-order valence-electron chi connectivity index (χ0n) is 14.9. The molecule has 2 aromatic rings. The molecule has 25 heavy (non-hydrogen) atoms. The molecule has 2 rings (SSSR count). The number of hydrogen-bond acceptors (Lipinski definition) is 3. The molecule has 1 N–H and O–H groups in total. The Morgan fingerprint density at radius 2 is 1.84 bits per heavy atom. The van der Waals surface area contributed by atoms with Crippen molar-refractivity contribution in [2.75, 3.05) is 13.7 Å². The lowest BCUT2D eigenvalue weighted by Crippen LogP contribution is -2.02. The van der Waals surface area contributed by atoms with Gasteiger partial charge in [0, 0.05) is 5.56 Å². The smallest absolute Gasteiger partial charge is 0.336 e. The number of para-hydroxylation sites is 1. The average Bonchev–Trinajstić information content (AvgIpc) is 2.64. The van der Waals surface area contributed by atoms with E-state index in [-0.39, 0.29) is 5.57 Å². The standard InChI is InChI=1S/C21H24O4/c1-4-13-25-20-17(7-6-8-19(20)24-3)14-18(21(22)23)16-11-9-15(5-2)10-12-16/h6-12,14H,4-5,13H2,1-3H3,(H,22,23)/b18-14-. The number of hydrogen-bond donors (Lipinski definition) is 1. The largest absolute Gasteiger partial charge is 0.493 e. The second-order valence-corrected chi connectivity index (χ2v) is 5.64. The molecule has 0 atom stereocenters. The number of carbonyl (C=O) groups is 1. The highest BCUT2D eigenvalue weighted by Crippen LogP contribution is 2.34. The molecule has 0 fully saturated rings. The van der Waals surface area contributed by atoms with E-state index in [4.69, 9.17) is 9.47 Å². The topological polar surface area (TPSA) is 55.8 Å². The van der Waals surface area contributed by atoms with E-state index >= 15 is 0 Å². The Morgan fingerprint density at radius 3 is 2.40 bits per heavy atom. The molecule has 0 unspecified atom stereocenters. The van der Waals surface area contributed by atoms with Gasteiger partial charge >= 0.3 is 5.97 Å². The van der Waals surface area contributed by atoms with Crippen molar-refractivity contribution < 1.29 is 19.4 Å². The van der Waals surface area contributed by atoms with E-state index in [1.54, 1.807) is 19.3 Å². The Balaban J connectivity index is 2.50. The van der Waals surface area contributed by atoms with Crippen molar-refractivity contribution in [3.8, 4) is 11.5 Å². The Bertz CT molecular complexity index is 745. The summed E-state index contributed by atoms with van der Waals surface area (Å²) < 4.78 is 11.2. The third-order valence-electron chi connectivity index (χ3n) is 3.88.